The number of rotatable bonds is 4. The third-order valence-corrected chi connectivity index (χ3v) is 5.81. The molecule has 0 bridgehead atoms. The molecule has 0 spiro atoms. The highest BCUT2D eigenvalue weighted by molar-refractivity contribution is 7.14. The maximum absolute atomic E-state index is 12.6. The highest BCUT2D eigenvalue weighted by atomic mass is 32.1. The summed E-state index contributed by atoms with van der Waals surface area (Å²) in [5.74, 6) is 0.560. The SMILES string of the molecule is CO[C@H]1CC[C@@H](C(=O)Nc2cc3nc(-c4nnc(C)s4)ccc3cn2)CC1. The summed E-state index contributed by atoms with van der Waals surface area (Å²) < 4.78 is 5.37. The normalized spacial score (nSPS) is 19.9. The largest absolute Gasteiger partial charge is 0.381 e. The zero-order valence-corrected chi connectivity index (χ0v) is 16.1. The molecule has 3 aromatic rings. The lowest BCUT2D eigenvalue weighted by atomic mass is 9.87. The summed E-state index contributed by atoms with van der Waals surface area (Å²) in [6.07, 6.45) is 5.54. The van der Waals surface area contributed by atoms with Crippen molar-refractivity contribution in [1.82, 2.24) is 20.2 Å². The van der Waals surface area contributed by atoms with E-state index in [4.69, 9.17) is 4.74 Å². The zero-order chi connectivity index (χ0) is 18.8. The van der Waals surface area contributed by atoms with Gasteiger partial charge in [-0.3, -0.25) is 4.79 Å². The third-order valence-electron chi connectivity index (χ3n) is 4.95. The van der Waals surface area contributed by atoms with Crippen LogP contribution >= 0.6 is 11.3 Å². The zero-order valence-electron chi connectivity index (χ0n) is 15.3. The second kappa shape index (κ2) is 7.66. The summed E-state index contributed by atoms with van der Waals surface area (Å²) in [4.78, 5) is 21.6. The fraction of sp³-hybridized carbons (Fsp3) is 0.421. The van der Waals surface area contributed by atoms with Gasteiger partial charge in [0.25, 0.3) is 0 Å². The molecule has 3 aromatic heterocycles. The maximum atomic E-state index is 12.6. The summed E-state index contributed by atoms with van der Waals surface area (Å²) in [5.41, 5.74) is 1.54. The molecule has 1 N–H and O–H groups in total. The van der Waals surface area contributed by atoms with Crippen LogP contribution in [0.15, 0.2) is 24.4 Å². The van der Waals surface area contributed by atoms with E-state index in [1.54, 1.807) is 13.3 Å². The Bertz CT molecular complexity index is 966. The number of carbonyl (C=O) groups is 1. The number of nitrogens with one attached hydrogen (secondary N) is 1. The number of carbonyl (C=O) groups excluding carboxylic acids is 1. The van der Waals surface area contributed by atoms with Crippen molar-refractivity contribution in [2.45, 2.75) is 38.7 Å². The lowest BCUT2D eigenvalue weighted by molar-refractivity contribution is -0.121. The Morgan fingerprint density at radius 2 is 2.04 bits per heavy atom. The lowest BCUT2D eigenvalue weighted by Crippen LogP contribution is -2.29. The van der Waals surface area contributed by atoms with Crippen molar-refractivity contribution >= 4 is 34.0 Å². The minimum absolute atomic E-state index is 0.0116. The van der Waals surface area contributed by atoms with Crippen molar-refractivity contribution in [3.8, 4) is 10.7 Å². The van der Waals surface area contributed by atoms with Gasteiger partial charge in [0.2, 0.25) is 5.91 Å². The number of hydrogen-bond donors (Lipinski definition) is 1. The van der Waals surface area contributed by atoms with Crippen molar-refractivity contribution < 1.29 is 9.53 Å². The quantitative estimate of drug-likeness (QED) is 0.740. The average molecular weight is 383 g/mol. The van der Waals surface area contributed by atoms with Gasteiger partial charge in [-0.1, -0.05) is 11.3 Å². The minimum Gasteiger partial charge on any atom is -0.381 e. The lowest BCUT2D eigenvalue weighted by Gasteiger charge is -2.26. The maximum Gasteiger partial charge on any atom is 0.228 e. The van der Waals surface area contributed by atoms with Crippen LogP contribution in [0.4, 0.5) is 5.82 Å². The molecule has 1 amide bonds. The smallest absolute Gasteiger partial charge is 0.228 e. The molecule has 4 rings (SSSR count). The molecule has 3 heterocycles. The van der Waals surface area contributed by atoms with Gasteiger partial charge >= 0.3 is 0 Å². The Hall–Kier alpha value is -2.45. The first-order valence-corrected chi connectivity index (χ1v) is 9.85. The molecule has 27 heavy (non-hydrogen) atoms. The van der Waals surface area contributed by atoms with Gasteiger partial charge < -0.3 is 10.1 Å². The highest BCUT2D eigenvalue weighted by Gasteiger charge is 2.26. The summed E-state index contributed by atoms with van der Waals surface area (Å²) in [7, 11) is 1.73. The van der Waals surface area contributed by atoms with E-state index in [0.717, 1.165) is 52.3 Å². The monoisotopic (exact) mass is 383 g/mol. The molecule has 1 fully saturated rings. The van der Waals surface area contributed by atoms with Gasteiger partial charge in [0.15, 0.2) is 5.01 Å². The molecular formula is C19H21N5O2S. The van der Waals surface area contributed by atoms with Crippen LogP contribution in [0.5, 0.6) is 0 Å². The molecular weight excluding hydrogens is 362 g/mol. The molecule has 1 aliphatic carbocycles. The van der Waals surface area contributed by atoms with Crippen molar-refractivity contribution in [1.29, 1.82) is 0 Å². The predicted octanol–water partition coefficient (Wildman–Crippen LogP) is 3.60. The van der Waals surface area contributed by atoms with Crippen molar-refractivity contribution in [3.05, 3.63) is 29.4 Å². The van der Waals surface area contributed by atoms with E-state index >= 15 is 0 Å². The van der Waals surface area contributed by atoms with Gasteiger partial charge in [-0.15, -0.1) is 10.2 Å². The van der Waals surface area contributed by atoms with Gasteiger partial charge in [0, 0.05) is 30.7 Å². The van der Waals surface area contributed by atoms with Crippen LogP contribution in [0.25, 0.3) is 21.6 Å². The minimum atomic E-state index is 0.0116. The topological polar surface area (TPSA) is 89.9 Å². The van der Waals surface area contributed by atoms with E-state index in [-0.39, 0.29) is 17.9 Å². The van der Waals surface area contributed by atoms with Crippen LogP contribution in [-0.2, 0) is 9.53 Å². The van der Waals surface area contributed by atoms with Crippen molar-refractivity contribution in [2.75, 3.05) is 12.4 Å². The summed E-state index contributed by atoms with van der Waals surface area (Å²) in [6, 6.07) is 5.68. The Labute approximate surface area is 161 Å². The molecule has 0 saturated heterocycles. The number of aromatic nitrogens is 4. The van der Waals surface area contributed by atoms with Crippen molar-refractivity contribution in [2.24, 2.45) is 5.92 Å². The molecule has 0 unspecified atom stereocenters. The number of methoxy groups -OCH3 is 1. The Morgan fingerprint density at radius 3 is 2.74 bits per heavy atom. The number of hydrogen-bond acceptors (Lipinski definition) is 7. The van der Waals surface area contributed by atoms with Crippen LogP contribution in [0.1, 0.15) is 30.7 Å². The number of amides is 1. The van der Waals surface area contributed by atoms with Gasteiger partial charge in [0.05, 0.1) is 11.6 Å². The van der Waals surface area contributed by atoms with E-state index in [1.807, 2.05) is 25.1 Å². The second-order valence-corrected chi connectivity index (χ2v) is 7.97. The molecule has 7 nitrogen and oxygen atoms in total. The van der Waals surface area contributed by atoms with Crippen LogP contribution in [0.3, 0.4) is 0 Å². The fourth-order valence-corrected chi connectivity index (χ4v) is 4.05. The fourth-order valence-electron chi connectivity index (χ4n) is 3.39. The number of ether oxygens (including phenoxy) is 1. The number of anilines is 1. The molecule has 0 atom stereocenters. The number of pyridine rings is 2. The number of fused-ring (bicyclic) bond motifs is 1. The predicted molar refractivity (Wildman–Crippen MR) is 105 cm³/mol. The van der Waals surface area contributed by atoms with Gasteiger partial charge in [0.1, 0.15) is 16.5 Å². The summed E-state index contributed by atoms with van der Waals surface area (Å²) >= 11 is 1.50. The van der Waals surface area contributed by atoms with Gasteiger partial charge in [-0.05, 0) is 44.7 Å². The van der Waals surface area contributed by atoms with Crippen LogP contribution in [-0.4, -0.2) is 39.3 Å². The first-order valence-electron chi connectivity index (χ1n) is 9.03. The van der Waals surface area contributed by atoms with E-state index < -0.39 is 0 Å². The van der Waals surface area contributed by atoms with E-state index in [1.165, 1.54) is 11.3 Å². The van der Waals surface area contributed by atoms with Crippen LogP contribution < -0.4 is 5.32 Å². The molecule has 8 heteroatoms. The van der Waals surface area contributed by atoms with Crippen LogP contribution in [0, 0.1) is 12.8 Å². The van der Waals surface area contributed by atoms with E-state index in [9.17, 15) is 4.79 Å². The van der Waals surface area contributed by atoms with Crippen LogP contribution in [0.2, 0.25) is 0 Å². The van der Waals surface area contributed by atoms with Gasteiger partial charge in [-0.25, -0.2) is 9.97 Å². The Morgan fingerprint density at radius 1 is 1.22 bits per heavy atom. The molecule has 1 aliphatic rings. The molecule has 0 aliphatic heterocycles. The third kappa shape index (κ3) is 3.96. The average Bonchev–Trinajstić information content (AvgIpc) is 3.14. The summed E-state index contributed by atoms with van der Waals surface area (Å²) in [6.45, 7) is 1.92. The first-order chi connectivity index (χ1) is 13.1. The number of nitrogens with zero attached hydrogens (tertiary/aromatic N) is 4. The highest BCUT2D eigenvalue weighted by Crippen LogP contribution is 2.28. The second-order valence-electron chi connectivity index (χ2n) is 6.78. The Kier molecular flexibility index (Phi) is 5.09. The van der Waals surface area contributed by atoms with E-state index in [0.29, 0.717) is 5.82 Å². The van der Waals surface area contributed by atoms with E-state index in [2.05, 4.69) is 25.5 Å². The molecule has 140 valence electrons. The number of aryl methyl sites for hydroxylation is 1. The van der Waals surface area contributed by atoms with Gasteiger partial charge in [-0.2, -0.15) is 0 Å². The van der Waals surface area contributed by atoms with Crippen molar-refractivity contribution in [3.63, 3.8) is 0 Å². The molecule has 0 radical (unpaired) electrons. The first kappa shape index (κ1) is 17.9. The Balaban J connectivity index is 1.51. The molecule has 1 saturated carbocycles. The summed E-state index contributed by atoms with van der Waals surface area (Å²) in [5, 5.41) is 13.7. The molecule has 0 aromatic carbocycles. The standard InChI is InChI=1S/C19H21N5O2S/c1-11-23-24-19(27-11)15-8-5-13-10-20-17(9-16(13)21-15)22-18(25)12-3-6-14(26-2)7-4-12/h5,8-10,12,14H,3-4,6-7H2,1-2H3,(H,20,22,25)/t12-,14+.